The van der Waals surface area contributed by atoms with Crippen LogP contribution in [0, 0.1) is 0 Å². The van der Waals surface area contributed by atoms with Crippen molar-refractivity contribution < 1.29 is 10.2 Å². The van der Waals surface area contributed by atoms with Crippen molar-refractivity contribution in [2.75, 3.05) is 7.05 Å². The van der Waals surface area contributed by atoms with Gasteiger partial charge in [0.2, 0.25) is 0 Å². The molecule has 3 N–H and O–H groups in total. The van der Waals surface area contributed by atoms with Crippen molar-refractivity contribution in [3.63, 3.8) is 0 Å². The molecule has 0 saturated carbocycles. The zero-order chi connectivity index (χ0) is 9.84. The summed E-state index contributed by atoms with van der Waals surface area (Å²) in [6, 6.07) is 6.73. The van der Waals surface area contributed by atoms with Crippen LogP contribution in [0.3, 0.4) is 0 Å². The molecule has 0 amide bonds. The molecular weight excluding hydrogens is 166 g/mol. The summed E-state index contributed by atoms with van der Waals surface area (Å²) >= 11 is 0. The van der Waals surface area contributed by atoms with E-state index in [1.807, 2.05) is 6.92 Å². The van der Waals surface area contributed by atoms with Gasteiger partial charge in [-0.2, -0.15) is 0 Å². The number of nitrogens with one attached hydrogen (secondary N) is 1. The van der Waals surface area contributed by atoms with Crippen molar-refractivity contribution >= 4 is 0 Å². The lowest BCUT2D eigenvalue weighted by Gasteiger charge is -2.19. The average Bonchev–Trinajstić information content (AvgIpc) is 2.16. The average molecular weight is 181 g/mol. The number of likely N-dealkylation sites (N-methyl/N-ethyl adjacent to an activating group) is 1. The smallest absolute Gasteiger partial charge is 0.121 e. The molecule has 2 atom stereocenters. The molecule has 0 aromatic heterocycles. The summed E-state index contributed by atoms with van der Waals surface area (Å²) in [4.78, 5) is 0. The first-order chi connectivity index (χ1) is 6.16. The highest BCUT2D eigenvalue weighted by Crippen LogP contribution is 2.25. The van der Waals surface area contributed by atoms with Crippen molar-refractivity contribution in [3.05, 3.63) is 29.8 Å². The lowest BCUT2D eigenvalue weighted by atomic mass is 10.0. The molecule has 0 fully saturated rings. The zero-order valence-corrected chi connectivity index (χ0v) is 7.86. The summed E-state index contributed by atoms with van der Waals surface area (Å²) in [5.74, 6) is 0.136. The molecule has 1 aromatic carbocycles. The number of rotatable bonds is 3. The molecule has 0 radical (unpaired) electrons. The lowest BCUT2D eigenvalue weighted by Crippen LogP contribution is -2.28. The molecule has 0 saturated heterocycles. The van der Waals surface area contributed by atoms with Gasteiger partial charge in [-0.25, -0.2) is 0 Å². The van der Waals surface area contributed by atoms with Gasteiger partial charge in [-0.1, -0.05) is 18.2 Å². The SMILES string of the molecule is CN[C@H](C)[C@@H](O)c1ccccc1O. The van der Waals surface area contributed by atoms with Gasteiger partial charge in [0.05, 0.1) is 6.10 Å². The summed E-state index contributed by atoms with van der Waals surface area (Å²) in [7, 11) is 1.77. The summed E-state index contributed by atoms with van der Waals surface area (Å²) in [5.41, 5.74) is 0.560. The highest BCUT2D eigenvalue weighted by atomic mass is 16.3. The van der Waals surface area contributed by atoms with Crippen LogP contribution in [-0.4, -0.2) is 23.3 Å². The van der Waals surface area contributed by atoms with Gasteiger partial charge in [-0.3, -0.25) is 0 Å². The van der Waals surface area contributed by atoms with E-state index in [1.165, 1.54) is 0 Å². The minimum atomic E-state index is -0.675. The van der Waals surface area contributed by atoms with Crippen molar-refractivity contribution in [1.82, 2.24) is 5.32 Å². The van der Waals surface area contributed by atoms with Crippen molar-refractivity contribution in [3.8, 4) is 5.75 Å². The van der Waals surface area contributed by atoms with E-state index in [0.717, 1.165) is 0 Å². The van der Waals surface area contributed by atoms with E-state index in [1.54, 1.807) is 31.3 Å². The van der Waals surface area contributed by atoms with E-state index in [0.29, 0.717) is 5.56 Å². The van der Waals surface area contributed by atoms with E-state index in [2.05, 4.69) is 5.32 Å². The van der Waals surface area contributed by atoms with Gasteiger partial charge in [0.25, 0.3) is 0 Å². The molecule has 72 valence electrons. The van der Waals surface area contributed by atoms with E-state index in [4.69, 9.17) is 0 Å². The topological polar surface area (TPSA) is 52.5 Å². The van der Waals surface area contributed by atoms with Crippen LogP contribution in [0.25, 0.3) is 0 Å². The van der Waals surface area contributed by atoms with E-state index in [9.17, 15) is 10.2 Å². The van der Waals surface area contributed by atoms with Gasteiger partial charge in [0, 0.05) is 11.6 Å². The van der Waals surface area contributed by atoms with Gasteiger partial charge in [-0.15, -0.1) is 0 Å². The largest absolute Gasteiger partial charge is 0.508 e. The highest BCUT2D eigenvalue weighted by Gasteiger charge is 2.16. The van der Waals surface area contributed by atoms with Gasteiger partial charge in [0.15, 0.2) is 0 Å². The lowest BCUT2D eigenvalue weighted by molar-refractivity contribution is 0.137. The highest BCUT2D eigenvalue weighted by molar-refractivity contribution is 5.34. The van der Waals surface area contributed by atoms with Crippen LogP contribution in [0.4, 0.5) is 0 Å². The molecule has 0 unspecified atom stereocenters. The van der Waals surface area contributed by atoms with Crippen LogP contribution in [0.1, 0.15) is 18.6 Å². The Hall–Kier alpha value is -1.06. The molecule has 3 nitrogen and oxygen atoms in total. The summed E-state index contributed by atoms with van der Waals surface area (Å²) < 4.78 is 0. The molecular formula is C10H15NO2. The molecule has 0 heterocycles. The minimum Gasteiger partial charge on any atom is -0.508 e. The number of aromatic hydroxyl groups is 1. The second kappa shape index (κ2) is 4.25. The number of para-hydroxylation sites is 1. The fourth-order valence-electron chi connectivity index (χ4n) is 1.16. The number of aliphatic hydroxyl groups is 1. The number of benzene rings is 1. The molecule has 0 spiro atoms. The number of phenolic OH excluding ortho intramolecular Hbond substituents is 1. The summed E-state index contributed by atoms with van der Waals surface area (Å²) in [6.07, 6.45) is -0.675. The molecule has 0 aliphatic heterocycles. The third-order valence-electron chi connectivity index (χ3n) is 2.18. The third kappa shape index (κ3) is 2.20. The van der Waals surface area contributed by atoms with Gasteiger partial charge < -0.3 is 15.5 Å². The maximum atomic E-state index is 9.75. The molecule has 1 aromatic rings. The minimum absolute atomic E-state index is 0.0756. The first-order valence-electron chi connectivity index (χ1n) is 4.30. The maximum absolute atomic E-state index is 9.75. The van der Waals surface area contributed by atoms with Crippen molar-refractivity contribution in [1.29, 1.82) is 0 Å². The molecule has 3 heteroatoms. The Morgan fingerprint density at radius 3 is 2.46 bits per heavy atom. The Morgan fingerprint density at radius 1 is 1.31 bits per heavy atom. The number of hydrogen-bond acceptors (Lipinski definition) is 3. The summed E-state index contributed by atoms with van der Waals surface area (Å²) in [5, 5.41) is 22.1. The van der Waals surface area contributed by atoms with Crippen LogP contribution >= 0.6 is 0 Å². The standard InChI is InChI=1S/C10H15NO2/c1-7(11-2)10(13)8-5-3-4-6-9(8)12/h3-7,10-13H,1-2H3/t7-,10-/m1/s1. The zero-order valence-electron chi connectivity index (χ0n) is 7.86. The first kappa shape index (κ1) is 10.0. The van der Waals surface area contributed by atoms with Crippen molar-refractivity contribution in [2.24, 2.45) is 0 Å². The van der Waals surface area contributed by atoms with E-state index >= 15 is 0 Å². The number of aliphatic hydroxyl groups excluding tert-OH is 1. The van der Waals surface area contributed by atoms with Crippen LogP contribution < -0.4 is 5.32 Å². The Bertz CT molecular complexity index is 275. The second-order valence-corrected chi connectivity index (χ2v) is 3.08. The quantitative estimate of drug-likeness (QED) is 0.653. The Labute approximate surface area is 78.0 Å². The van der Waals surface area contributed by atoms with Crippen LogP contribution in [-0.2, 0) is 0 Å². The number of hydrogen-bond donors (Lipinski definition) is 3. The predicted molar refractivity (Wildman–Crippen MR) is 51.6 cm³/mol. The molecule has 13 heavy (non-hydrogen) atoms. The van der Waals surface area contributed by atoms with Crippen LogP contribution in [0.2, 0.25) is 0 Å². The Kier molecular flexibility index (Phi) is 3.28. The maximum Gasteiger partial charge on any atom is 0.121 e. The third-order valence-corrected chi connectivity index (χ3v) is 2.18. The van der Waals surface area contributed by atoms with Gasteiger partial charge in [0.1, 0.15) is 5.75 Å². The molecule has 0 aliphatic rings. The predicted octanol–water partition coefficient (Wildman–Crippen LogP) is 1.03. The molecule has 1 rings (SSSR count). The number of phenols is 1. The molecule has 0 bridgehead atoms. The Balaban J connectivity index is 2.88. The summed E-state index contributed by atoms with van der Waals surface area (Å²) in [6.45, 7) is 1.86. The van der Waals surface area contributed by atoms with Gasteiger partial charge in [-0.05, 0) is 20.0 Å². The van der Waals surface area contributed by atoms with E-state index < -0.39 is 6.10 Å². The van der Waals surface area contributed by atoms with Gasteiger partial charge >= 0.3 is 0 Å². The Morgan fingerprint density at radius 2 is 1.92 bits per heavy atom. The van der Waals surface area contributed by atoms with Crippen LogP contribution in [0.15, 0.2) is 24.3 Å². The fraction of sp³-hybridized carbons (Fsp3) is 0.400. The van der Waals surface area contributed by atoms with Crippen molar-refractivity contribution in [2.45, 2.75) is 19.1 Å². The van der Waals surface area contributed by atoms with Crippen LogP contribution in [0.5, 0.6) is 5.75 Å². The fourth-order valence-corrected chi connectivity index (χ4v) is 1.16. The van der Waals surface area contributed by atoms with E-state index in [-0.39, 0.29) is 11.8 Å². The molecule has 0 aliphatic carbocycles. The second-order valence-electron chi connectivity index (χ2n) is 3.08. The first-order valence-corrected chi connectivity index (χ1v) is 4.30. The normalized spacial score (nSPS) is 15.3. The monoisotopic (exact) mass is 181 g/mol.